The third kappa shape index (κ3) is 3.73. The topological polar surface area (TPSA) is 90.8 Å². The Balaban J connectivity index is 1.52. The molecule has 0 bridgehead atoms. The van der Waals surface area contributed by atoms with Crippen molar-refractivity contribution in [3.8, 4) is 11.5 Å². The number of rotatable bonds is 4. The predicted octanol–water partition coefficient (Wildman–Crippen LogP) is 2.02. The van der Waals surface area contributed by atoms with Gasteiger partial charge in [0.15, 0.2) is 17.3 Å². The van der Waals surface area contributed by atoms with Crippen LogP contribution in [-0.2, 0) is 19.5 Å². The van der Waals surface area contributed by atoms with Gasteiger partial charge in [0.2, 0.25) is 0 Å². The van der Waals surface area contributed by atoms with E-state index in [1.165, 1.54) is 7.11 Å². The third-order valence-corrected chi connectivity index (χ3v) is 5.19. The number of fused-ring (bicyclic) bond motifs is 1. The first-order valence-electron chi connectivity index (χ1n) is 9.38. The lowest BCUT2D eigenvalue weighted by Crippen LogP contribution is -2.36. The van der Waals surface area contributed by atoms with Crippen LogP contribution in [0.2, 0.25) is 0 Å². The van der Waals surface area contributed by atoms with E-state index in [2.05, 4.69) is 14.9 Å². The maximum atomic E-state index is 12.6. The highest BCUT2D eigenvalue weighted by Crippen LogP contribution is 2.27. The smallest absolute Gasteiger partial charge is 0.255 e. The van der Waals surface area contributed by atoms with Gasteiger partial charge in [0.05, 0.1) is 24.1 Å². The van der Waals surface area contributed by atoms with E-state index in [-0.39, 0.29) is 11.3 Å². The Kier molecular flexibility index (Phi) is 4.94. The molecule has 0 spiro atoms. The molecule has 0 aliphatic carbocycles. The van der Waals surface area contributed by atoms with E-state index in [9.17, 15) is 9.90 Å². The fourth-order valence-electron chi connectivity index (χ4n) is 3.74. The van der Waals surface area contributed by atoms with Gasteiger partial charge >= 0.3 is 0 Å². The van der Waals surface area contributed by atoms with Crippen LogP contribution in [0.25, 0.3) is 0 Å². The summed E-state index contributed by atoms with van der Waals surface area (Å²) < 4.78 is 5.09. The Bertz CT molecular complexity index is 935. The van der Waals surface area contributed by atoms with Crippen molar-refractivity contribution in [1.82, 2.24) is 14.9 Å². The van der Waals surface area contributed by atoms with Crippen molar-refractivity contribution in [2.24, 2.45) is 4.99 Å². The zero-order chi connectivity index (χ0) is 18.8. The lowest BCUT2D eigenvalue weighted by atomic mass is 10.0. The Hall–Kier alpha value is -2.67. The van der Waals surface area contributed by atoms with Crippen molar-refractivity contribution in [3.05, 3.63) is 51.2 Å². The summed E-state index contributed by atoms with van der Waals surface area (Å²) in [5.74, 6) is 1.23. The maximum Gasteiger partial charge on any atom is 0.255 e. The standard InChI is InChI=1S/C20H24N4O3/c1-27-18-6-5-13(10-17(18)25)11-24-9-7-15-14(12-24)20(26)23-19(22-15)16-4-2-3-8-21-16/h5-6,10,25H,2-4,7-9,11-12H2,1H3,(H,22,23,26). The summed E-state index contributed by atoms with van der Waals surface area (Å²) in [6.07, 6.45) is 3.83. The van der Waals surface area contributed by atoms with Crippen LogP contribution in [-0.4, -0.2) is 45.9 Å². The van der Waals surface area contributed by atoms with Crippen LogP contribution < -0.4 is 10.3 Å². The number of H-pyrrole nitrogens is 1. The molecule has 2 aliphatic heterocycles. The molecule has 0 unspecified atom stereocenters. The number of hydrogen-bond acceptors (Lipinski definition) is 6. The number of aromatic amines is 1. The van der Waals surface area contributed by atoms with Crippen LogP contribution in [0, 0.1) is 0 Å². The van der Waals surface area contributed by atoms with Gasteiger partial charge in [0.25, 0.3) is 5.56 Å². The molecular weight excluding hydrogens is 344 g/mol. The predicted molar refractivity (Wildman–Crippen MR) is 103 cm³/mol. The van der Waals surface area contributed by atoms with Crippen molar-refractivity contribution in [2.45, 2.75) is 38.8 Å². The molecule has 2 N–H and O–H groups in total. The van der Waals surface area contributed by atoms with Gasteiger partial charge in [-0.25, -0.2) is 4.98 Å². The first-order valence-corrected chi connectivity index (χ1v) is 9.38. The van der Waals surface area contributed by atoms with E-state index < -0.39 is 0 Å². The fourth-order valence-corrected chi connectivity index (χ4v) is 3.74. The summed E-state index contributed by atoms with van der Waals surface area (Å²) in [6.45, 7) is 2.85. The summed E-state index contributed by atoms with van der Waals surface area (Å²) in [5, 5.41) is 9.96. The van der Waals surface area contributed by atoms with Crippen LogP contribution >= 0.6 is 0 Å². The van der Waals surface area contributed by atoms with E-state index in [1.54, 1.807) is 12.1 Å². The Labute approximate surface area is 157 Å². The van der Waals surface area contributed by atoms with Crippen LogP contribution in [0.1, 0.15) is 41.9 Å². The number of aliphatic imine (C=N–C) groups is 1. The minimum atomic E-state index is -0.0643. The zero-order valence-electron chi connectivity index (χ0n) is 15.5. The monoisotopic (exact) mass is 368 g/mol. The highest BCUT2D eigenvalue weighted by atomic mass is 16.5. The molecule has 2 aromatic rings. The molecule has 27 heavy (non-hydrogen) atoms. The highest BCUT2D eigenvalue weighted by Gasteiger charge is 2.23. The molecule has 0 amide bonds. The number of nitrogens with one attached hydrogen (secondary N) is 1. The van der Waals surface area contributed by atoms with Gasteiger partial charge in [-0.15, -0.1) is 0 Å². The quantitative estimate of drug-likeness (QED) is 0.862. The number of hydrogen-bond donors (Lipinski definition) is 2. The molecule has 7 heteroatoms. The Morgan fingerprint density at radius 1 is 1.30 bits per heavy atom. The second kappa shape index (κ2) is 7.52. The van der Waals surface area contributed by atoms with Gasteiger partial charge in [0.1, 0.15) is 0 Å². The lowest BCUT2D eigenvalue weighted by Gasteiger charge is -2.28. The molecule has 3 heterocycles. The Morgan fingerprint density at radius 2 is 2.19 bits per heavy atom. The Morgan fingerprint density at radius 3 is 2.93 bits per heavy atom. The van der Waals surface area contributed by atoms with Gasteiger partial charge in [-0.05, 0) is 37.0 Å². The maximum absolute atomic E-state index is 12.6. The molecule has 2 aliphatic rings. The van der Waals surface area contributed by atoms with Crippen molar-refractivity contribution < 1.29 is 9.84 Å². The van der Waals surface area contributed by atoms with Gasteiger partial charge in [0, 0.05) is 32.6 Å². The number of aromatic hydroxyl groups is 1. The zero-order valence-corrected chi connectivity index (χ0v) is 15.5. The average Bonchev–Trinajstić information content (AvgIpc) is 2.69. The minimum absolute atomic E-state index is 0.0643. The molecule has 0 saturated carbocycles. The molecule has 0 saturated heterocycles. The van der Waals surface area contributed by atoms with Crippen LogP contribution in [0.4, 0.5) is 0 Å². The van der Waals surface area contributed by atoms with Gasteiger partial charge in [-0.2, -0.15) is 0 Å². The van der Waals surface area contributed by atoms with Gasteiger partial charge < -0.3 is 14.8 Å². The van der Waals surface area contributed by atoms with E-state index in [4.69, 9.17) is 9.72 Å². The number of nitrogens with zero attached hydrogens (tertiary/aromatic N) is 3. The normalized spacial score (nSPS) is 17.3. The highest BCUT2D eigenvalue weighted by molar-refractivity contribution is 5.97. The summed E-state index contributed by atoms with van der Waals surface area (Å²) >= 11 is 0. The number of ether oxygens (including phenoxy) is 1. The first kappa shape index (κ1) is 17.7. The summed E-state index contributed by atoms with van der Waals surface area (Å²) in [5.41, 5.74) is 3.46. The number of methoxy groups -OCH3 is 1. The second-order valence-electron chi connectivity index (χ2n) is 7.09. The number of phenols is 1. The van der Waals surface area contributed by atoms with Crippen molar-refractivity contribution >= 4 is 5.71 Å². The van der Waals surface area contributed by atoms with Crippen LogP contribution in [0.15, 0.2) is 28.0 Å². The molecule has 1 aromatic carbocycles. The van der Waals surface area contributed by atoms with Crippen molar-refractivity contribution in [3.63, 3.8) is 0 Å². The average molecular weight is 368 g/mol. The summed E-state index contributed by atoms with van der Waals surface area (Å²) in [7, 11) is 1.53. The van der Waals surface area contributed by atoms with E-state index in [1.807, 2.05) is 6.07 Å². The number of benzene rings is 1. The second-order valence-corrected chi connectivity index (χ2v) is 7.09. The summed E-state index contributed by atoms with van der Waals surface area (Å²) in [6, 6.07) is 5.40. The molecule has 0 fully saturated rings. The first-order chi connectivity index (χ1) is 13.1. The van der Waals surface area contributed by atoms with E-state index in [0.717, 1.165) is 61.3 Å². The van der Waals surface area contributed by atoms with E-state index in [0.29, 0.717) is 24.7 Å². The van der Waals surface area contributed by atoms with Crippen molar-refractivity contribution in [1.29, 1.82) is 0 Å². The summed E-state index contributed by atoms with van der Waals surface area (Å²) in [4.78, 5) is 27.0. The minimum Gasteiger partial charge on any atom is -0.504 e. The molecule has 1 aromatic heterocycles. The van der Waals surface area contributed by atoms with Crippen LogP contribution in [0.5, 0.6) is 11.5 Å². The van der Waals surface area contributed by atoms with Crippen molar-refractivity contribution in [2.75, 3.05) is 20.2 Å². The number of phenolic OH excluding ortho intramolecular Hbond substituents is 1. The molecule has 0 radical (unpaired) electrons. The molecular formula is C20H24N4O3. The molecule has 0 atom stereocenters. The largest absolute Gasteiger partial charge is 0.504 e. The van der Waals surface area contributed by atoms with Gasteiger partial charge in [-0.1, -0.05) is 6.07 Å². The molecule has 142 valence electrons. The number of aromatic nitrogens is 2. The third-order valence-electron chi connectivity index (χ3n) is 5.19. The fraction of sp³-hybridized carbons (Fsp3) is 0.450. The van der Waals surface area contributed by atoms with Gasteiger partial charge in [-0.3, -0.25) is 14.7 Å². The SMILES string of the molecule is COc1ccc(CN2CCc3nc(C4=NCCCC4)[nH]c(=O)c3C2)cc1O. The lowest BCUT2D eigenvalue weighted by molar-refractivity contribution is 0.241. The molecule has 7 nitrogen and oxygen atoms in total. The van der Waals surface area contributed by atoms with E-state index >= 15 is 0 Å². The van der Waals surface area contributed by atoms with Crippen LogP contribution in [0.3, 0.4) is 0 Å². The molecule has 4 rings (SSSR count).